The van der Waals surface area contributed by atoms with Crippen molar-refractivity contribution in [1.82, 2.24) is 0 Å². The van der Waals surface area contributed by atoms with Crippen LogP contribution in [0.3, 0.4) is 0 Å². The SMILES string of the molecule is Cc1ccc(OCc2ccccc2N)c(C)c1. The van der Waals surface area contributed by atoms with Crippen LogP contribution in [0.2, 0.25) is 0 Å². The molecule has 0 amide bonds. The van der Waals surface area contributed by atoms with Crippen molar-refractivity contribution in [2.24, 2.45) is 0 Å². The van der Waals surface area contributed by atoms with Gasteiger partial charge in [0, 0.05) is 11.3 Å². The van der Waals surface area contributed by atoms with E-state index in [0.29, 0.717) is 6.61 Å². The number of ether oxygens (including phenoxy) is 1. The molecule has 0 bridgehead atoms. The van der Waals surface area contributed by atoms with Gasteiger partial charge < -0.3 is 10.5 Å². The van der Waals surface area contributed by atoms with E-state index in [1.165, 1.54) is 5.56 Å². The zero-order chi connectivity index (χ0) is 12.3. The Morgan fingerprint density at radius 2 is 1.82 bits per heavy atom. The van der Waals surface area contributed by atoms with E-state index in [4.69, 9.17) is 10.5 Å². The predicted molar refractivity (Wildman–Crippen MR) is 71.1 cm³/mol. The van der Waals surface area contributed by atoms with Gasteiger partial charge in [0.25, 0.3) is 0 Å². The van der Waals surface area contributed by atoms with E-state index < -0.39 is 0 Å². The van der Waals surface area contributed by atoms with Crippen molar-refractivity contribution in [2.75, 3.05) is 5.73 Å². The summed E-state index contributed by atoms with van der Waals surface area (Å²) in [7, 11) is 0. The van der Waals surface area contributed by atoms with E-state index in [1.807, 2.05) is 30.3 Å². The quantitative estimate of drug-likeness (QED) is 0.815. The Balaban J connectivity index is 2.10. The van der Waals surface area contributed by atoms with Crippen LogP contribution in [0, 0.1) is 13.8 Å². The summed E-state index contributed by atoms with van der Waals surface area (Å²) in [4.78, 5) is 0. The first-order valence-electron chi connectivity index (χ1n) is 5.70. The van der Waals surface area contributed by atoms with Crippen molar-refractivity contribution in [3.63, 3.8) is 0 Å². The third kappa shape index (κ3) is 2.78. The summed E-state index contributed by atoms with van der Waals surface area (Å²) in [5.41, 5.74) is 10.1. The van der Waals surface area contributed by atoms with E-state index >= 15 is 0 Å². The summed E-state index contributed by atoms with van der Waals surface area (Å²) >= 11 is 0. The highest BCUT2D eigenvalue weighted by Gasteiger charge is 2.02. The number of nitrogens with two attached hydrogens (primary N) is 1. The van der Waals surface area contributed by atoms with E-state index in [0.717, 1.165) is 22.6 Å². The second-order valence-corrected chi connectivity index (χ2v) is 4.26. The summed E-state index contributed by atoms with van der Waals surface area (Å²) in [6.07, 6.45) is 0. The molecule has 2 aromatic rings. The lowest BCUT2D eigenvalue weighted by atomic mass is 10.1. The number of rotatable bonds is 3. The molecule has 2 nitrogen and oxygen atoms in total. The van der Waals surface area contributed by atoms with Gasteiger partial charge in [-0.3, -0.25) is 0 Å². The molecule has 0 atom stereocenters. The summed E-state index contributed by atoms with van der Waals surface area (Å²) in [6.45, 7) is 4.64. The standard InChI is InChI=1S/C15H17NO/c1-11-7-8-15(12(2)9-11)17-10-13-5-3-4-6-14(13)16/h3-9H,10,16H2,1-2H3. The molecule has 0 fully saturated rings. The lowest BCUT2D eigenvalue weighted by Crippen LogP contribution is -2.00. The topological polar surface area (TPSA) is 35.2 Å². The van der Waals surface area contributed by atoms with E-state index in [-0.39, 0.29) is 0 Å². The van der Waals surface area contributed by atoms with Crippen LogP contribution in [0.25, 0.3) is 0 Å². The van der Waals surface area contributed by atoms with Gasteiger partial charge in [-0.2, -0.15) is 0 Å². The minimum absolute atomic E-state index is 0.510. The molecule has 0 saturated heterocycles. The van der Waals surface area contributed by atoms with E-state index in [9.17, 15) is 0 Å². The Labute approximate surface area is 102 Å². The number of anilines is 1. The molecule has 17 heavy (non-hydrogen) atoms. The van der Waals surface area contributed by atoms with Gasteiger partial charge in [0.05, 0.1) is 0 Å². The fraction of sp³-hybridized carbons (Fsp3) is 0.200. The molecule has 2 heteroatoms. The van der Waals surface area contributed by atoms with E-state index in [1.54, 1.807) is 0 Å². The van der Waals surface area contributed by atoms with Crippen molar-refractivity contribution < 1.29 is 4.74 Å². The average Bonchev–Trinajstić information content (AvgIpc) is 2.30. The summed E-state index contributed by atoms with van der Waals surface area (Å²) < 4.78 is 5.78. The molecule has 88 valence electrons. The second kappa shape index (κ2) is 4.91. The number of benzene rings is 2. The molecule has 2 aromatic carbocycles. The van der Waals surface area contributed by atoms with Crippen LogP contribution in [0.1, 0.15) is 16.7 Å². The maximum absolute atomic E-state index is 5.87. The Bertz CT molecular complexity index is 520. The maximum atomic E-state index is 5.87. The highest BCUT2D eigenvalue weighted by Crippen LogP contribution is 2.21. The molecule has 0 spiro atoms. The molecular formula is C15H17NO. The Morgan fingerprint density at radius 1 is 1.06 bits per heavy atom. The Hall–Kier alpha value is -1.96. The normalized spacial score (nSPS) is 10.2. The van der Waals surface area contributed by atoms with Crippen LogP contribution in [0.5, 0.6) is 5.75 Å². The molecule has 0 heterocycles. The minimum atomic E-state index is 0.510. The van der Waals surface area contributed by atoms with Gasteiger partial charge in [-0.15, -0.1) is 0 Å². The molecule has 0 radical (unpaired) electrons. The van der Waals surface area contributed by atoms with Crippen molar-refractivity contribution in [1.29, 1.82) is 0 Å². The van der Waals surface area contributed by atoms with Gasteiger partial charge in [0.15, 0.2) is 0 Å². The number of aryl methyl sites for hydroxylation is 2. The number of hydrogen-bond donors (Lipinski definition) is 1. The van der Waals surface area contributed by atoms with Crippen LogP contribution in [-0.2, 0) is 6.61 Å². The molecule has 2 N–H and O–H groups in total. The van der Waals surface area contributed by atoms with Gasteiger partial charge in [-0.05, 0) is 31.5 Å². The van der Waals surface area contributed by atoms with Crippen LogP contribution < -0.4 is 10.5 Å². The Morgan fingerprint density at radius 3 is 2.53 bits per heavy atom. The zero-order valence-corrected chi connectivity index (χ0v) is 10.2. The van der Waals surface area contributed by atoms with Crippen molar-refractivity contribution >= 4 is 5.69 Å². The summed E-state index contributed by atoms with van der Waals surface area (Å²) in [5, 5.41) is 0. The van der Waals surface area contributed by atoms with Crippen LogP contribution >= 0.6 is 0 Å². The molecular weight excluding hydrogens is 210 g/mol. The largest absolute Gasteiger partial charge is 0.489 e. The van der Waals surface area contributed by atoms with Gasteiger partial charge in [0.2, 0.25) is 0 Å². The molecule has 0 aliphatic rings. The molecule has 0 aliphatic heterocycles. The lowest BCUT2D eigenvalue weighted by molar-refractivity contribution is 0.304. The second-order valence-electron chi connectivity index (χ2n) is 4.26. The first-order chi connectivity index (χ1) is 8.16. The monoisotopic (exact) mass is 227 g/mol. The molecule has 0 aromatic heterocycles. The smallest absolute Gasteiger partial charge is 0.122 e. The van der Waals surface area contributed by atoms with E-state index in [2.05, 4.69) is 26.0 Å². The van der Waals surface area contributed by atoms with Crippen LogP contribution in [0.4, 0.5) is 5.69 Å². The van der Waals surface area contributed by atoms with Crippen molar-refractivity contribution in [2.45, 2.75) is 20.5 Å². The Kier molecular flexibility index (Phi) is 3.33. The lowest BCUT2D eigenvalue weighted by Gasteiger charge is -2.11. The highest BCUT2D eigenvalue weighted by atomic mass is 16.5. The fourth-order valence-corrected chi connectivity index (χ4v) is 1.78. The number of nitrogen functional groups attached to an aromatic ring is 1. The van der Waals surface area contributed by atoms with Gasteiger partial charge >= 0.3 is 0 Å². The van der Waals surface area contributed by atoms with Gasteiger partial charge in [-0.25, -0.2) is 0 Å². The predicted octanol–water partition coefficient (Wildman–Crippen LogP) is 3.46. The minimum Gasteiger partial charge on any atom is -0.489 e. The van der Waals surface area contributed by atoms with Crippen LogP contribution in [-0.4, -0.2) is 0 Å². The molecule has 0 unspecified atom stereocenters. The zero-order valence-electron chi connectivity index (χ0n) is 10.2. The first-order valence-corrected chi connectivity index (χ1v) is 5.70. The molecule has 2 rings (SSSR count). The first kappa shape index (κ1) is 11.5. The summed E-state index contributed by atoms with van der Waals surface area (Å²) in [6, 6.07) is 13.9. The van der Waals surface area contributed by atoms with Crippen LogP contribution in [0.15, 0.2) is 42.5 Å². The number of hydrogen-bond acceptors (Lipinski definition) is 2. The number of para-hydroxylation sites is 1. The molecule has 0 aliphatic carbocycles. The fourth-order valence-electron chi connectivity index (χ4n) is 1.78. The third-order valence-corrected chi connectivity index (χ3v) is 2.77. The van der Waals surface area contributed by atoms with Crippen molar-refractivity contribution in [3.05, 3.63) is 59.2 Å². The van der Waals surface area contributed by atoms with Gasteiger partial charge in [-0.1, -0.05) is 35.9 Å². The van der Waals surface area contributed by atoms with Crippen molar-refractivity contribution in [3.8, 4) is 5.75 Å². The highest BCUT2D eigenvalue weighted by molar-refractivity contribution is 5.46. The van der Waals surface area contributed by atoms with Gasteiger partial charge in [0.1, 0.15) is 12.4 Å². The third-order valence-electron chi connectivity index (χ3n) is 2.77. The maximum Gasteiger partial charge on any atom is 0.122 e. The summed E-state index contributed by atoms with van der Waals surface area (Å²) in [5.74, 6) is 0.916. The molecule has 0 saturated carbocycles. The average molecular weight is 227 g/mol.